The third-order valence-electron chi connectivity index (χ3n) is 5.48. The van der Waals surface area contributed by atoms with Crippen LogP contribution in [0.15, 0.2) is 12.5 Å². The van der Waals surface area contributed by atoms with Crippen molar-refractivity contribution < 1.29 is 29.4 Å². The number of carboxylic acid groups (broad SMARTS) is 1. The standard InChI is InChI=1S/C20H32N6O6/c1-10(2)16(18(29)24-13(20(31)32)7-12-8-22-9-23-12)25-17(28)14-5-4-6-26(14)19(30)15(21)11(3)27/h8-11,13-16,27H,4-7,21H2,1-3H3,(H,22,23)(H,24,29)(H,25,28)(H,31,32). The third-order valence-corrected chi connectivity index (χ3v) is 5.48. The second kappa shape index (κ2) is 11.0. The molecule has 1 aromatic heterocycles. The van der Waals surface area contributed by atoms with Crippen LogP contribution >= 0.6 is 0 Å². The van der Waals surface area contributed by atoms with Crippen LogP contribution in [0.25, 0.3) is 0 Å². The van der Waals surface area contributed by atoms with Crippen LogP contribution in [0.3, 0.4) is 0 Å². The smallest absolute Gasteiger partial charge is 0.326 e. The number of aliphatic carboxylic acids is 1. The molecule has 1 aliphatic rings. The first-order valence-corrected chi connectivity index (χ1v) is 10.6. The van der Waals surface area contributed by atoms with E-state index in [1.165, 1.54) is 24.3 Å². The Bertz CT molecular complexity index is 812. The van der Waals surface area contributed by atoms with Crippen molar-refractivity contribution in [3.05, 3.63) is 18.2 Å². The number of aromatic amines is 1. The van der Waals surface area contributed by atoms with E-state index in [2.05, 4.69) is 20.6 Å². The Morgan fingerprint density at radius 1 is 1.28 bits per heavy atom. The van der Waals surface area contributed by atoms with Gasteiger partial charge >= 0.3 is 5.97 Å². The van der Waals surface area contributed by atoms with E-state index < -0.39 is 54.0 Å². The van der Waals surface area contributed by atoms with Gasteiger partial charge in [0.15, 0.2) is 0 Å². The number of carbonyl (C=O) groups is 4. The number of aliphatic hydroxyl groups excluding tert-OH is 1. The molecule has 1 aliphatic heterocycles. The maximum Gasteiger partial charge on any atom is 0.326 e. The van der Waals surface area contributed by atoms with Gasteiger partial charge < -0.3 is 36.5 Å². The quantitative estimate of drug-likeness (QED) is 0.243. The number of likely N-dealkylation sites (tertiary alicyclic amines) is 1. The van der Waals surface area contributed by atoms with Gasteiger partial charge in [-0.2, -0.15) is 0 Å². The number of nitrogens with one attached hydrogen (secondary N) is 3. The molecule has 2 rings (SSSR count). The number of aromatic nitrogens is 2. The summed E-state index contributed by atoms with van der Waals surface area (Å²) in [4.78, 5) is 57.9. The number of aliphatic hydroxyl groups is 1. The number of carbonyl (C=O) groups excluding carboxylic acids is 3. The summed E-state index contributed by atoms with van der Waals surface area (Å²) in [6, 6.07) is -4.18. The van der Waals surface area contributed by atoms with Crippen LogP contribution in [0.4, 0.5) is 0 Å². The van der Waals surface area contributed by atoms with Crippen LogP contribution in [-0.2, 0) is 25.6 Å². The average Bonchev–Trinajstić information content (AvgIpc) is 3.41. The number of carboxylic acids is 1. The Labute approximate surface area is 185 Å². The van der Waals surface area contributed by atoms with Gasteiger partial charge in [-0.05, 0) is 25.7 Å². The molecular weight excluding hydrogens is 420 g/mol. The first kappa shape index (κ1) is 25.3. The third kappa shape index (κ3) is 6.26. The summed E-state index contributed by atoms with van der Waals surface area (Å²) < 4.78 is 0. The molecule has 0 spiro atoms. The largest absolute Gasteiger partial charge is 0.480 e. The predicted molar refractivity (Wildman–Crippen MR) is 113 cm³/mol. The highest BCUT2D eigenvalue weighted by atomic mass is 16.4. The van der Waals surface area contributed by atoms with Crippen molar-refractivity contribution in [3.63, 3.8) is 0 Å². The van der Waals surface area contributed by atoms with Crippen molar-refractivity contribution >= 4 is 23.7 Å². The fourth-order valence-electron chi connectivity index (χ4n) is 3.56. The zero-order valence-electron chi connectivity index (χ0n) is 18.4. The van der Waals surface area contributed by atoms with E-state index in [1.54, 1.807) is 13.8 Å². The molecular formula is C20H32N6O6. The molecule has 1 fully saturated rings. The maximum atomic E-state index is 12.9. The van der Waals surface area contributed by atoms with E-state index in [-0.39, 0.29) is 12.3 Å². The average molecular weight is 453 g/mol. The molecule has 0 saturated carbocycles. The normalized spacial score (nSPS) is 19.8. The van der Waals surface area contributed by atoms with Gasteiger partial charge in [0, 0.05) is 24.9 Å². The van der Waals surface area contributed by atoms with Crippen LogP contribution in [0.1, 0.15) is 39.3 Å². The van der Waals surface area contributed by atoms with E-state index in [0.717, 1.165) is 0 Å². The summed E-state index contributed by atoms with van der Waals surface area (Å²) in [7, 11) is 0. The van der Waals surface area contributed by atoms with Gasteiger partial charge in [-0.3, -0.25) is 14.4 Å². The summed E-state index contributed by atoms with van der Waals surface area (Å²) >= 11 is 0. The van der Waals surface area contributed by atoms with E-state index in [0.29, 0.717) is 25.1 Å². The second-order valence-electron chi connectivity index (χ2n) is 8.37. The van der Waals surface area contributed by atoms with Crippen LogP contribution in [-0.4, -0.2) is 85.6 Å². The number of nitrogens with zero attached hydrogens (tertiary/aromatic N) is 2. The van der Waals surface area contributed by atoms with E-state index >= 15 is 0 Å². The Balaban J connectivity index is 2.07. The molecule has 178 valence electrons. The van der Waals surface area contributed by atoms with Gasteiger partial charge in [0.25, 0.3) is 0 Å². The first-order chi connectivity index (χ1) is 15.0. The predicted octanol–water partition coefficient (Wildman–Crippen LogP) is -1.64. The molecule has 5 atom stereocenters. The lowest BCUT2D eigenvalue weighted by Gasteiger charge is -2.30. The molecule has 12 nitrogen and oxygen atoms in total. The number of hydrogen-bond acceptors (Lipinski definition) is 7. The summed E-state index contributed by atoms with van der Waals surface area (Å²) in [6.45, 7) is 5.16. The SMILES string of the molecule is CC(C)C(NC(=O)C1CCCN1C(=O)C(N)C(C)O)C(=O)NC(Cc1cnc[nH]1)C(=O)O. The van der Waals surface area contributed by atoms with Gasteiger partial charge in [0.1, 0.15) is 24.2 Å². The number of rotatable bonds is 10. The van der Waals surface area contributed by atoms with Crippen LogP contribution in [0.2, 0.25) is 0 Å². The molecule has 5 unspecified atom stereocenters. The minimum Gasteiger partial charge on any atom is -0.480 e. The zero-order valence-corrected chi connectivity index (χ0v) is 18.4. The second-order valence-corrected chi connectivity index (χ2v) is 8.37. The number of hydrogen-bond donors (Lipinski definition) is 6. The first-order valence-electron chi connectivity index (χ1n) is 10.6. The molecule has 7 N–H and O–H groups in total. The molecule has 3 amide bonds. The van der Waals surface area contributed by atoms with Crippen molar-refractivity contribution in [2.24, 2.45) is 11.7 Å². The maximum absolute atomic E-state index is 12.9. The summed E-state index contributed by atoms with van der Waals surface area (Å²) in [5, 5.41) is 24.2. The number of imidazole rings is 1. The Kier molecular flexibility index (Phi) is 8.72. The summed E-state index contributed by atoms with van der Waals surface area (Å²) in [5.41, 5.74) is 6.28. The van der Waals surface area contributed by atoms with Gasteiger partial charge in [-0.15, -0.1) is 0 Å². The van der Waals surface area contributed by atoms with Crippen LogP contribution < -0.4 is 16.4 Å². The van der Waals surface area contributed by atoms with E-state index in [4.69, 9.17) is 5.73 Å². The fraction of sp³-hybridized carbons (Fsp3) is 0.650. The van der Waals surface area contributed by atoms with Gasteiger partial charge in [0.05, 0.1) is 12.4 Å². The molecule has 1 saturated heterocycles. The molecule has 12 heteroatoms. The minimum atomic E-state index is -1.22. The lowest BCUT2D eigenvalue weighted by atomic mass is 10.0. The fourth-order valence-corrected chi connectivity index (χ4v) is 3.56. The Morgan fingerprint density at radius 3 is 2.50 bits per heavy atom. The molecule has 0 bridgehead atoms. The highest BCUT2D eigenvalue weighted by molar-refractivity contribution is 5.94. The van der Waals surface area contributed by atoms with Crippen molar-refractivity contribution in [1.82, 2.24) is 25.5 Å². The lowest BCUT2D eigenvalue weighted by molar-refractivity contribution is -0.144. The van der Waals surface area contributed by atoms with Gasteiger partial charge in [-0.1, -0.05) is 13.8 Å². The molecule has 2 heterocycles. The van der Waals surface area contributed by atoms with Crippen LogP contribution in [0.5, 0.6) is 0 Å². The molecule has 0 aliphatic carbocycles. The van der Waals surface area contributed by atoms with Crippen molar-refractivity contribution in [1.29, 1.82) is 0 Å². The van der Waals surface area contributed by atoms with Crippen molar-refractivity contribution in [2.45, 2.75) is 70.3 Å². The molecule has 1 aromatic rings. The Hall–Kier alpha value is -2.99. The van der Waals surface area contributed by atoms with Crippen LogP contribution in [0, 0.1) is 5.92 Å². The van der Waals surface area contributed by atoms with E-state index in [1.807, 2.05) is 0 Å². The minimum absolute atomic E-state index is 0.00196. The number of nitrogens with two attached hydrogens (primary N) is 1. The summed E-state index contributed by atoms with van der Waals surface area (Å²) in [6.07, 6.45) is 2.79. The number of amides is 3. The van der Waals surface area contributed by atoms with Gasteiger partial charge in [-0.25, -0.2) is 9.78 Å². The zero-order chi connectivity index (χ0) is 24.0. The molecule has 0 aromatic carbocycles. The highest BCUT2D eigenvalue weighted by Gasteiger charge is 2.39. The molecule has 32 heavy (non-hydrogen) atoms. The lowest BCUT2D eigenvalue weighted by Crippen LogP contribution is -2.59. The summed E-state index contributed by atoms with van der Waals surface area (Å²) in [5.74, 6) is -3.26. The Morgan fingerprint density at radius 2 is 1.97 bits per heavy atom. The van der Waals surface area contributed by atoms with E-state index in [9.17, 15) is 29.4 Å². The highest BCUT2D eigenvalue weighted by Crippen LogP contribution is 2.19. The monoisotopic (exact) mass is 452 g/mol. The topological polar surface area (TPSA) is 191 Å². The van der Waals surface area contributed by atoms with Crippen molar-refractivity contribution in [2.75, 3.05) is 6.54 Å². The van der Waals surface area contributed by atoms with Crippen molar-refractivity contribution in [3.8, 4) is 0 Å². The number of H-pyrrole nitrogens is 1. The van der Waals surface area contributed by atoms with Gasteiger partial charge in [0.2, 0.25) is 17.7 Å². The molecule has 0 radical (unpaired) electrons.